The maximum Gasteiger partial charge on any atom is 0.333 e. The fourth-order valence-corrected chi connectivity index (χ4v) is 6.80. The van der Waals surface area contributed by atoms with Gasteiger partial charge in [0.1, 0.15) is 55.7 Å². The van der Waals surface area contributed by atoms with Crippen molar-refractivity contribution < 1.29 is 48.3 Å². The van der Waals surface area contributed by atoms with Crippen LogP contribution in [0.25, 0.3) is 0 Å². The van der Waals surface area contributed by atoms with E-state index in [4.69, 9.17) is 18.9 Å². The van der Waals surface area contributed by atoms with Gasteiger partial charge < -0.3 is 29.2 Å². The van der Waals surface area contributed by atoms with E-state index >= 15 is 0 Å². The fourth-order valence-electron chi connectivity index (χ4n) is 4.12. The predicted molar refractivity (Wildman–Crippen MR) is 173 cm³/mol. The van der Waals surface area contributed by atoms with E-state index in [2.05, 4.69) is 13.2 Å². The molecule has 0 aromatic heterocycles. The van der Waals surface area contributed by atoms with E-state index in [0.29, 0.717) is 38.6 Å². The molecular weight excluding hydrogens is 636 g/mol. The zero-order valence-electron chi connectivity index (χ0n) is 26.7. The summed E-state index contributed by atoms with van der Waals surface area (Å²) < 4.78 is 22.3. The minimum atomic E-state index is -1.14. The Hall–Kier alpha value is -3.46. The second-order valence-corrected chi connectivity index (χ2v) is 13.1. The molecule has 1 fully saturated rings. The number of aliphatic hydroxyl groups is 2. The van der Waals surface area contributed by atoms with Crippen molar-refractivity contribution >= 4 is 47.3 Å². The van der Waals surface area contributed by atoms with Gasteiger partial charge in [0.05, 0.1) is 14.0 Å². The summed E-state index contributed by atoms with van der Waals surface area (Å²) in [7, 11) is 0. The summed E-state index contributed by atoms with van der Waals surface area (Å²) in [6.45, 7) is 13.9. The Morgan fingerprint density at radius 1 is 0.761 bits per heavy atom. The summed E-state index contributed by atoms with van der Waals surface area (Å²) in [4.78, 5) is 51.8. The second kappa shape index (κ2) is 17.5. The highest BCUT2D eigenvalue weighted by atomic mass is 32.2. The lowest BCUT2D eigenvalue weighted by atomic mass is 10.3. The molecule has 2 aliphatic rings. The molecule has 46 heavy (non-hydrogen) atoms. The van der Waals surface area contributed by atoms with Crippen LogP contribution in [0.5, 0.6) is 11.5 Å². The third kappa shape index (κ3) is 9.53. The van der Waals surface area contributed by atoms with Gasteiger partial charge in [-0.15, -0.1) is 0 Å². The lowest BCUT2D eigenvalue weighted by molar-refractivity contribution is -0.147. The quantitative estimate of drug-likeness (QED) is 0.131. The minimum absolute atomic E-state index is 0.0637. The lowest BCUT2D eigenvalue weighted by Gasteiger charge is -2.27. The van der Waals surface area contributed by atoms with Gasteiger partial charge in [-0.05, 0) is 38.8 Å². The summed E-state index contributed by atoms with van der Waals surface area (Å²) in [5, 5.41) is 23.8. The van der Waals surface area contributed by atoms with E-state index in [9.17, 15) is 29.4 Å². The maximum atomic E-state index is 13.6. The van der Waals surface area contributed by atoms with Gasteiger partial charge in [-0.2, -0.15) is 0 Å². The summed E-state index contributed by atoms with van der Waals surface area (Å²) in [5.41, 5.74) is 0.466. The number of hydrogen-bond acceptors (Lipinski definition) is 12. The minimum Gasteiger partial charge on any atom is -0.490 e. The van der Waals surface area contributed by atoms with E-state index in [1.807, 2.05) is 13.8 Å². The first-order chi connectivity index (χ1) is 21.9. The van der Waals surface area contributed by atoms with E-state index < -0.39 is 24.1 Å². The number of esters is 2. The number of amides is 2. The highest BCUT2D eigenvalue weighted by Crippen LogP contribution is 2.59. The summed E-state index contributed by atoms with van der Waals surface area (Å²) >= 11 is 2.36. The molecule has 0 bridgehead atoms. The van der Waals surface area contributed by atoms with Crippen molar-refractivity contribution in [2.75, 3.05) is 39.5 Å². The predicted octanol–water partition coefficient (Wildman–Crippen LogP) is 4.00. The first kappa shape index (κ1) is 37.0. The summed E-state index contributed by atoms with van der Waals surface area (Å²) in [5.74, 6) is -1.31. The number of rotatable bonds is 18. The van der Waals surface area contributed by atoms with Gasteiger partial charge in [0, 0.05) is 24.2 Å². The number of carbonyl (C=O) groups is 4. The number of carbonyl (C=O) groups excluding carboxylic acids is 4. The van der Waals surface area contributed by atoms with E-state index in [1.165, 1.54) is 47.4 Å². The highest BCUT2D eigenvalue weighted by molar-refractivity contribution is 8.25. The number of hydrazine groups is 1. The molecule has 2 aliphatic heterocycles. The molecule has 1 aromatic carbocycles. The number of hydrogen-bond donors (Lipinski definition) is 2. The number of aliphatic hydroxyl groups excluding tert-OH is 2. The van der Waals surface area contributed by atoms with Gasteiger partial charge in [0.25, 0.3) is 11.8 Å². The van der Waals surface area contributed by atoms with E-state index in [-0.39, 0.29) is 55.0 Å². The van der Waals surface area contributed by atoms with Crippen molar-refractivity contribution in [3.63, 3.8) is 0 Å². The van der Waals surface area contributed by atoms with Crippen LogP contribution in [0, 0.1) is 0 Å². The summed E-state index contributed by atoms with van der Waals surface area (Å²) in [6, 6.07) is 3.21. The standard InChI is InChI=1S/C32H42N2O10S2/c1-7-9-13-33-28(37)25(29(38)34(33)14-10-8-2)32-45-26-23(41-15-21(35)17-43-30(39)19(3)4)11-12-24(27(26)46-32)42-16-22(36)18-44-31(40)20(5)6/h11-12,21-22,35-36H,3,5,7-10,13-18H2,1-2,4,6H3. The Morgan fingerprint density at radius 2 is 1.15 bits per heavy atom. The van der Waals surface area contributed by atoms with Gasteiger partial charge in [-0.1, -0.05) is 63.4 Å². The molecule has 14 heteroatoms. The van der Waals surface area contributed by atoms with Crippen LogP contribution in [-0.4, -0.2) is 95.7 Å². The van der Waals surface area contributed by atoms with E-state index in [0.717, 1.165) is 25.7 Å². The molecule has 3 rings (SSSR count). The monoisotopic (exact) mass is 678 g/mol. The normalized spacial score (nSPS) is 15.5. The first-order valence-corrected chi connectivity index (χ1v) is 16.7. The van der Waals surface area contributed by atoms with Gasteiger partial charge in [0.15, 0.2) is 0 Å². The van der Waals surface area contributed by atoms with Crippen LogP contribution in [0.4, 0.5) is 0 Å². The number of unbranched alkanes of at least 4 members (excludes halogenated alkanes) is 2. The van der Waals surface area contributed by atoms with Crippen LogP contribution in [0.1, 0.15) is 53.4 Å². The average molecular weight is 679 g/mol. The van der Waals surface area contributed by atoms with E-state index in [1.54, 1.807) is 12.1 Å². The molecule has 2 amide bonds. The SMILES string of the molecule is C=C(C)C(=O)OCC(O)COc1ccc(OCC(O)COC(=O)C(=C)C)c2c1SC(=C1C(=O)N(CCCC)N(CCCC)C1=O)S2. The van der Waals surface area contributed by atoms with Crippen molar-refractivity contribution in [2.24, 2.45) is 0 Å². The molecule has 12 nitrogen and oxygen atoms in total. The molecule has 2 heterocycles. The van der Waals surface area contributed by atoms with Crippen molar-refractivity contribution in [3.8, 4) is 11.5 Å². The van der Waals surface area contributed by atoms with Gasteiger partial charge in [0.2, 0.25) is 0 Å². The Bertz CT molecular complexity index is 1280. The molecule has 2 N–H and O–H groups in total. The summed E-state index contributed by atoms with van der Waals surface area (Å²) in [6.07, 6.45) is 0.933. The molecule has 0 spiro atoms. The largest absolute Gasteiger partial charge is 0.490 e. The van der Waals surface area contributed by atoms with Gasteiger partial charge >= 0.3 is 11.9 Å². The fraction of sp³-hybridized carbons (Fsp3) is 0.500. The third-order valence-corrected chi connectivity index (χ3v) is 9.27. The van der Waals surface area contributed by atoms with Crippen LogP contribution in [0.2, 0.25) is 0 Å². The number of nitrogens with zero attached hydrogens (tertiary/aromatic N) is 2. The second-order valence-electron chi connectivity index (χ2n) is 10.8. The molecule has 252 valence electrons. The van der Waals surface area contributed by atoms with Crippen LogP contribution in [0.3, 0.4) is 0 Å². The van der Waals surface area contributed by atoms with Crippen molar-refractivity contribution in [2.45, 2.75) is 75.4 Å². The Morgan fingerprint density at radius 3 is 1.50 bits per heavy atom. The Balaban J connectivity index is 1.88. The molecular formula is C32H42N2O10S2. The molecule has 0 saturated carbocycles. The Labute approximate surface area is 277 Å². The van der Waals surface area contributed by atoms with Crippen molar-refractivity contribution in [1.82, 2.24) is 10.0 Å². The molecule has 2 atom stereocenters. The molecule has 0 radical (unpaired) electrons. The molecule has 1 aromatic rings. The van der Waals surface area contributed by atoms with Crippen molar-refractivity contribution in [1.29, 1.82) is 0 Å². The lowest BCUT2D eigenvalue weighted by Crippen LogP contribution is -2.42. The average Bonchev–Trinajstić information content (AvgIpc) is 3.56. The molecule has 0 aliphatic carbocycles. The number of thioether (sulfide) groups is 2. The number of benzene rings is 1. The van der Waals surface area contributed by atoms with Crippen LogP contribution in [0.15, 0.2) is 56.0 Å². The third-order valence-electron chi connectivity index (χ3n) is 6.64. The smallest absolute Gasteiger partial charge is 0.333 e. The van der Waals surface area contributed by atoms with Crippen molar-refractivity contribution in [3.05, 3.63) is 46.2 Å². The van der Waals surface area contributed by atoms with Crippen LogP contribution < -0.4 is 9.47 Å². The van der Waals surface area contributed by atoms with Gasteiger partial charge in [-0.25, -0.2) is 19.6 Å². The topological polar surface area (TPSA) is 152 Å². The Kier molecular flexibility index (Phi) is 14.0. The zero-order valence-corrected chi connectivity index (χ0v) is 28.3. The zero-order chi connectivity index (χ0) is 34.0. The van der Waals surface area contributed by atoms with Gasteiger partial charge in [-0.3, -0.25) is 9.59 Å². The number of ether oxygens (including phenoxy) is 4. The van der Waals surface area contributed by atoms with Crippen LogP contribution >= 0.6 is 23.5 Å². The first-order valence-electron chi connectivity index (χ1n) is 15.1. The molecule has 1 saturated heterocycles. The molecule has 2 unspecified atom stereocenters. The number of fused-ring (bicyclic) bond motifs is 1. The highest BCUT2D eigenvalue weighted by Gasteiger charge is 2.44. The maximum absolute atomic E-state index is 13.6. The van der Waals surface area contributed by atoms with Crippen LogP contribution in [-0.2, 0) is 28.7 Å².